The number of aromatic amines is 1. The summed E-state index contributed by atoms with van der Waals surface area (Å²) in [6, 6.07) is 0. The fraction of sp³-hybridized carbons (Fsp3) is 0.545. The lowest BCUT2D eigenvalue weighted by atomic mass is 10.1. The van der Waals surface area contributed by atoms with Crippen LogP contribution in [0.2, 0.25) is 0 Å². The zero-order valence-electron chi connectivity index (χ0n) is 10.1. The molecule has 0 amide bonds. The second kappa shape index (κ2) is 6.50. The number of aliphatic hydroxyl groups is 4. The van der Waals surface area contributed by atoms with Gasteiger partial charge in [0.2, 0.25) is 0 Å². The average Bonchev–Trinajstić information content (AvgIpc) is 2.86. The van der Waals surface area contributed by atoms with Gasteiger partial charge in [0.05, 0.1) is 25.1 Å². The highest BCUT2D eigenvalue weighted by molar-refractivity contribution is 5.49. The van der Waals surface area contributed by atoms with Crippen molar-refractivity contribution < 1.29 is 25.2 Å². The summed E-state index contributed by atoms with van der Waals surface area (Å²) in [4.78, 5) is 6.65. The Bertz CT molecular complexity index is 393. The van der Waals surface area contributed by atoms with E-state index in [-0.39, 0.29) is 5.69 Å². The van der Waals surface area contributed by atoms with Gasteiger partial charge in [0, 0.05) is 0 Å². The highest BCUT2D eigenvalue weighted by atomic mass is 16.5. The predicted molar refractivity (Wildman–Crippen MR) is 63.3 cm³/mol. The fourth-order valence-electron chi connectivity index (χ4n) is 1.37. The summed E-state index contributed by atoms with van der Waals surface area (Å²) in [5, 5.41) is 37.2. The fourth-order valence-corrected chi connectivity index (χ4v) is 1.37. The van der Waals surface area contributed by atoms with Crippen molar-refractivity contribution in [3.63, 3.8) is 0 Å². The summed E-state index contributed by atoms with van der Waals surface area (Å²) in [7, 11) is 0. The van der Waals surface area contributed by atoms with Gasteiger partial charge < -0.3 is 30.1 Å². The summed E-state index contributed by atoms with van der Waals surface area (Å²) >= 11 is 0. The largest absolute Gasteiger partial charge is 0.491 e. The van der Waals surface area contributed by atoms with Crippen LogP contribution >= 0.6 is 0 Å². The van der Waals surface area contributed by atoms with E-state index in [0.717, 1.165) is 0 Å². The van der Waals surface area contributed by atoms with E-state index >= 15 is 0 Å². The van der Waals surface area contributed by atoms with Crippen LogP contribution in [0.15, 0.2) is 12.8 Å². The molecule has 0 aliphatic rings. The molecule has 0 bridgehead atoms. The van der Waals surface area contributed by atoms with Gasteiger partial charge in [-0.2, -0.15) is 0 Å². The third-order valence-corrected chi connectivity index (χ3v) is 2.40. The molecule has 0 fully saturated rings. The Labute approximate surface area is 104 Å². The molecule has 3 atom stereocenters. The zero-order valence-corrected chi connectivity index (χ0v) is 10.1. The highest BCUT2D eigenvalue weighted by Gasteiger charge is 2.27. The number of H-pyrrole nitrogens is 1. The first-order chi connectivity index (χ1) is 8.51. The number of imidazole rings is 1. The van der Waals surface area contributed by atoms with Gasteiger partial charge in [-0.3, -0.25) is 0 Å². The number of nitrogens with zero attached hydrogens (tertiary/aromatic N) is 1. The molecular formula is C11H18N2O5. The van der Waals surface area contributed by atoms with Crippen LogP contribution < -0.4 is 0 Å². The number of nitrogens with one attached hydrogen (secondary N) is 1. The van der Waals surface area contributed by atoms with Gasteiger partial charge in [0.25, 0.3) is 0 Å². The van der Waals surface area contributed by atoms with Crippen molar-refractivity contribution >= 4 is 5.76 Å². The molecule has 0 unspecified atom stereocenters. The summed E-state index contributed by atoms with van der Waals surface area (Å²) in [5.41, 5.74) is 0.200. The Hall–Kier alpha value is -1.41. The van der Waals surface area contributed by atoms with Crippen LogP contribution in [0.1, 0.15) is 24.5 Å². The average molecular weight is 258 g/mol. The van der Waals surface area contributed by atoms with Crippen molar-refractivity contribution in [3.8, 4) is 0 Å². The summed E-state index contributed by atoms with van der Waals surface area (Å²) in [6.45, 7) is 5.22. The molecule has 1 heterocycles. The van der Waals surface area contributed by atoms with E-state index in [1.165, 1.54) is 6.20 Å². The summed E-state index contributed by atoms with van der Waals surface area (Å²) in [6.07, 6.45) is -3.02. The Balaban J connectivity index is 2.76. The van der Waals surface area contributed by atoms with E-state index in [0.29, 0.717) is 18.2 Å². The first-order valence-corrected chi connectivity index (χ1v) is 5.53. The third-order valence-electron chi connectivity index (χ3n) is 2.40. The Kier molecular flexibility index (Phi) is 5.29. The predicted octanol–water partition coefficient (Wildman–Crippen LogP) is -0.836. The van der Waals surface area contributed by atoms with Gasteiger partial charge in [-0.15, -0.1) is 0 Å². The van der Waals surface area contributed by atoms with E-state index in [1.54, 1.807) is 6.92 Å². The Morgan fingerprint density at radius 3 is 2.72 bits per heavy atom. The van der Waals surface area contributed by atoms with E-state index in [1.807, 2.05) is 0 Å². The van der Waals surface area contributed by atoms with Crippen molar-refractivity contribution in [2.75, 3.05) is 13.2 Å². The van der Waals surface area contributed by atoms with Gasteiger partial charge in [-0.1, -0.05) is 6.58 Å². The maximum absolute atomic E-state index is 9.75. The lowest BCUT2D eigenvalue weighted by Gasteiger charge is -2.20. The van der Waals surface area contributed by atoms with Crippen LogP contribution in [0.5, 0.6) is 0 Å². The van der Waals surface area contributed by atoms with Crippen LogP contribution in [0.3, 0.4) is 0 Å². The Morgan fingerprint density at radius 2 is 2.17 bits per heavy atom. The maximum Gasteiger partial charge on any atom is 0.172 e. The molecule has 0 saturated carbocycles. The van der Waals surface area contributed by atoms with Crippen LogP contribution in [0, 0.1) is 0 Å². The maximum atomic E-state index is 9.75. The summed E-state index contributed by atoms with van der Waals surface area (Å²) in [5.74, 6) is 0.643. The molecule has 7 heteroatoms. The van der Waals surface area contributed by atoms with Crippen molar-refractivity contribution in [2.24, 2.45) is 0 Å². The second-order valence-corrected chi connectivity index (χ2v) is 3.73. The van der Waals surface area contributed by atoms with Gasteiger partial charge in [0.15, 0.2) is 11.6 Å². The molecular weight excluding hydrogens is 240 g/mol. The van der Waals surface area contributed by atoms with E-state index in [2.05, 4.69) is 16.5 Å². The molecule has 1 aromatic rings. The van der Waals surface area contributed by atoms with Crippen molar-refractivity contribution in [1.29, 1.82) is 0 Å². The van der Waals surface area contributed by atoms with Crippen LogP contribution in [-0.4, -0.2) is 55.8 Å². The molecule has 1 rings (SSSR count). The topological polar surface area (TPSA) is 119 Å². The first kappa shape index (κ1) is 14.7. The zero-order chi connectivity index (χ0) is 13.7. The van der Waals surface area contributed by atoms with E-state index in [9.17, 15) is 15.3 Å². The lowest BCUT2D eigenvalue weighted by Crippen LogP contribution is -2.34. The molecule has 18 heavy (non-hydrogen) atoms. The minimum atomic E-state index is -1.51. The molecule has 0 aromatic carbocycles. The smallest absolute Gasteiger partial charge is 0.172 e. The minimum Gasteiger partial charge on any atom is -0.491 e. The van der Waals surface area contributed by atoms with Gasteiger partial charge >= 0.3 is 0 Å². The summed E-state index contributed by atoms with van der Waals surface area (Å²) < 4.78 is 5.13. The van der Waals surface area contributed by atoms with Gasteiger partial charge in [-0.25, -0.2) is 4.98 Å². The molecule has 0 aliphatic carbocycles. The molecule has 0 aliphatic heterocycles. The molecule has 0 saturated heterocycles. The number of rotatable bonds is 7. The van der Waals surface area contributed by atoms with Crippen molar-refractivity contribution in [1.82, 2.24) is 9.97 Å². The SMILES string of the molecule is C=C(OCC)c1ncc([C@@H](O)[C@H](O)[C@H](O)CO)[nH]1. The number of ether oxygens (including phenoxy) is 1. The van der Waals surface area contributed by atoms with Gasteiger partial charge in [0.1, 0.15) is 18.3 Å². The molecule has 1 aromatic heterocycles. The normalized spacial score (nSPS) is 16.1. The van der Waals surface area contributed by atoms with Crippen molar-refractivity contribution in [2.45, 2.75) is 25.2 Å². The molecule has 0 spiro atoms. The monoisotopic (exact) mass is 258 g/mol. The quantitative estimate of drug-likeness (QED) is 0.407. The number of aromatic nitrogens is 2. The van der Waals surface area contributed by atoms with Crippen LogP contribution in [0.25, 0.3) is 5.76 Å². The molecule has 5 N–H and O–H groups in total. The van der Waals surface area contributed by atoms with Gasteiger partial charge in [-0.05, 0) is 6.92 Å². The van der Waals surface area contributed by atoms with Crippen LogP contribution in [0.4, 0.5) is 0 Å². The third kappa shape index (κ3) is 3.30. The first-order valence-electron chi connectivity index (χ1n) is 5.53. The molecule has 0 radical (unpaired) electrons. The standard InChI is InChI=1S/C11H18N2O5/c1-3-18-6(2)11-12-4-7(13-11)9(16)10(17)8(15)5-14/h4,8-10,14-17H,2-3,5H2,1H3,(H,12,13)/t8-,9-,10-/m1/s1. The van der Waals surface area contributed by atoms with Crippen LogP contribution in [-0.2, 0) is 4.74 Å². The minimum absolute atomic E-state index is 0.200. The molecule has 102 valence electrons. The number of hydrogen-bond acceptors (Lipinski definition) is 6. The van der Waals surface area contributed by atoms with E-state index in [4.69, 9.17) is 9.84 Å². The molecule has 7 nitrogen and oxygen atoms in total. The lowest BCUT2D eigenvalue weighted by molar-refractivity contribution is -0.0788. The highest BCUT2D eigenvalue weighted by Crippen LogP contribution is 2.19. The van der Waals surface area contributed by atoms with Crippen molar-refractivity contribution in [3.05, 3.63) is 24.3 Å². The Morgan fingerprint density at radius 1 is 1.50 bits per heavy atom. The number of aliphatic hydroxyl groups excluding tert-OH is 4. The number of hydrogen-bond donors (Lipinski definition) is 5. The second-order valence-electron chi connectivity index (χ2n) is 3.73. The van der Waals surface area contributed by atoms with E-state index < -0.39 is 24.9 Å².